The van der Waals surface area contributed by atoms with Crippen LogP contribution in [-0.2, 0) is 15.1 Å². The van der Waals surface area contributed by atoms with E-state index in [4.69, 9.17) is 9.15 Å². The van der Waals surface area contributed by atoms with E-state index in [9.17, 15) is 9.90 Å². The first-order valence-corrected chi connectivity index (χ1v) is 9.03. The molecule has 0 saturated heterocycles. The Hall–Kier alpha value is -3.15. The summed E-state index contributed by atoms with van der Waals surface area (Å²) in [5.74, 6) is 1.21. The lowest BCUT2D eigenvalue weighted by Gasteiger charge is -2.40. The van der Waals surface area contributed by atoms with Crippen molar-refractivity contribution in [2.75, 3.05) is 12.4 Å². The van der Waals surface area contributed by atoms with E-state index in [2.05, 4.69) is 5.32 Å². The number of benzene rings is 2. The van der Waals surface area contributed by atoms with Gasteiger partial charge in [-0.2, -0.15) is 0 Å². The maximum absolute atomic E-state index is 12.6. The molecule has 2 atom stereocenters. The Morgan fingerprint density at radius 2 is 1.89 bits per heavy atom. The molecule has 0 fully saturated rings. The molecule has 0 radical (unpaired) electrons. The molecule has 1 aromatic heterocycles. The molecule has 28 heavy (non-hydrogen) atoms. The molecule has 2 heterocycles. The molecular weight excluding hydrogens is 354 g/mol. The van der Waals surface area contributed by atoms with Gasteiger partial charge < -0.3 is 19.6 Å². The van der Waals surface area contributed by atoms with Gasteiger partial charge in [-0.05, 0) is 48.4 Å². The number of fused-ring (bicyclic) bond motifs is 1. The molecule has 0 saturated carbocycles. The Balaban J connectivity index is 1.82. The second-order valence-corrected chi connectivity index (χ2v) is 6.82. The summed E-state index contributed by atoms with van der Waals surface area (Å²) in [6.07, 6.45) is 2.71. The quantitative estimate of drug-likeness (QED) is 0.724. The fraction of sp³-hybridized carbons (Fsp3) is 0.174. The predicted molar refractivity (Wildman–Crippen MR) is 108 cm³/mol. The van der Waals surface area contributed by atoms with Crippen LogP contribution in [0.5, 0.6) is 0 Å². The third kappa shape index (κ3) is 3.05. The molecule has 142 valence electrons. The number of furan rings is 1. The summed E-state index contributed by atoms with van der Waals surface area (Å²) in [6, 6.07) is 18.4. The van der Waals surface area contributed by atoms with E-state index >= 15 is 0 Å². The average Bonchev–Trinajstić information content (AvgIpc) is 3.13. The molecule has 2 N–H and O–H groups in total. The number of carbonyl (C=O) groups excluding carboxylic acids is 1. The number of rotatable bonds is 4. The Morgan fingerprint density at radius 3 is 2.57 bits per heavy atom. The number of aryl methyl sites for hydroxylation is 1. The predicted octanol–water partition coefficient (Wildman–Crippen LogP) is 3.96. The zero-order chi connectivity index (χ0) is 19.7. The van der Waals surface area contributed by atoms with Crippen LogP contribution in [0.4, 0.5) is 5.69 Å². The normalized spacial score (nSPS) is 21.5. The second-order valence-electron chi connectivity index (χ2n) is 6.82. The third-order valence-corrected chi connectivity index (χ3v) is 4.98. The van der Waals surface area contributed by atoms with E-state index in [1.54, 1.807) is 18.2 Å². The van der Waals surface area contributed by atoms with Crippen LogP contribution in [0.15, 0.2) is 65.1 Å². The summed E-state index contributed by atoms with van der Waals surface area (Å²) in [5, 5.41) is 14.5. The first-order chi connectivity index (χ1) is 13.5. The number of methoxy groups -OCH3 is 1. The van der Waals surface area contributed by atoms with Gasteiger partial charge in [-0.25, -0.2) is 0 Å². The largest absolute Gasteiger partial charge is 0.462 e. The van der Waals surface area contributed by atoms with E-state index in [1.165, 1.54) is 7.11 Å². The van der Waals surface area contributed by atoms with Gasteiger partial charge in [0, 0.05) is 18.4 Å². The van der Waals surface area contributed by atoms with Crippen molar-refractivity contribution >= 4 is 23.7 Å². The highest BCUT2D eigenvalue weighted by molar-refractivity contribution is 6.00. The van der Waals surface area contributed by atoms with Gasteiger partial charge >= 0.3 is 0 Å². The van der Waals surface area contributed by atoms with Crippen molar-refractivity contribution in [3.05, 3.63) is 88.9 Å². The fourth-order valence-corrected chi connectivity index (χ4v) is 3.62. The van der Waals surface area contributed by atoms with Crippen LogP contribution in [-0.4, -0.2) is 24.2 Å². The number of hydrogen-bond acceptors (Lipinski definition) is 4. The van der Waals surface area contributed by atoms with E-state index in [1.807, 2.05) is 61.5 Å². The number of aliphatic hydroxyl groups is 1. The van der Waals surface area contributed by atoms with Crippen molar-refractivity contribution in [3.8, 4) is 0 Å². The van der Waals surface area contributed by atoms with Crippen molar-refractivity contribution in [2.24, 2.45) is 0 Å². The van der Waals surface area contributed by atoms with Crippen molar-refractivity contribution in [2.45, 2.75) is 18.6 Å². The standard InChI is InChI=1S/C23H21NO4/c1-15-8-11-18(28-15)12-9-16-10-13-20-19(14-16)23(26,17-6-4-3-5-7-17)21(27-2)22(25)24-20/h3-14,21,26H,1-2H3,(H,24,25). The van der Waals surface area contributed by atoms with E-state index in [-0.39, 0.29) is 5.91 Å². The fourth-order valence-electron chi connectivity index (χ4n) is 3.62. The number of anilines is 1. The lowest BCUT2D eigenvalue weighted by Crippen LogP contribution is -2.52. The maximum Gasteiger partial charge on any atom is 0.257 e. The lowest BCUT2D eigenvalue weighted by atomic mass is 9.77. The number of hydrogen-bond donors (Lipinski definition) is 2. The zero-order valence-electron chi connectivity index (χ0n) is 15.7. The van der Waals surface area contributed by atoms with Crippen LogP contribution in [0.3, 0.4) is 0 Å². The van der Waals surface area contributed by atoms with Crippen molar-refractivity contribution in [3.63, 3.8) is 0 Å². The lowest BCUT2D eigenvalue weighted by molar-refractivity contribution is -0.142. The molecule has 2 unspecified atom stereocenters. The minimum atomic E-state index is -1.60. The summed E-state index contributed by atoms with van der Waals surface area (Å²) in [4.78, 5) is 12.6. The summed E-state index contributed by atoms with van der Waals surface area (Å²) in [7, 11) is 1.42. The number of amides is 1. The first kappa shape index (κ1) is 18.2. The molecule has 1 amide bonds. The molecule has 3 aromatic rings. The summed E-state index contributed by atoms with van der Waals surface area (Å²) >= 11 is 0. The summed E-state index contributed by atoms with van der Waals surface area (Å²) in [6.45, 7) is 1.89. The average molecular weight is 375 g/mol. The molecule has 0 bridgehead atoms. The van der Waals surface area contributed by atoms with Gasteiger partial charge in [0.1, 0.15) is 11.5 Å². The highest BCUT2D eigenvalue weighted by Crippen LogP contribution is 2.42. The van der Waals surface area contributed by atoms with Crippen LogP contribution in [0, 0.1) is 6.92 Å². The minimum Gasteiger partial charge on any atom is -0.462 e. The smallest absolute Gasteiger partial charge is 0.257 e. The highest BCUT2D eigenvalue weighted by Gasteiger charge is 2.49. The van der Waals surface area contributed by atoms with Gasteiger partial charge in [-0.15, -0.1) is 0 Å². The molecule has 1 aliphatic heterocycles. The van der Waals surface area contributed by atoms with Gasteiger partial charge in [0.25, 0.3) is 5.91 Å². The van der Waals surface area contributed by atoms with Gasteiger partial charge in [0.2, 0.25) is 0 Å². The minimum absolute atomic E-state index is 0.379. The Labute approximate surface area is 163 Å². The van der Waals surface area contributed by atoms with Gasteiger partial charge in [0.15, 0.2) is 11.7 Å². The van der Waals surface area contributed by atoms with E-state index in [0.717, 1.165) is 17.1 Å². The van der Waals surface area contributed by atoms with Crippen LogP contribution >= 0.6 is 0 Å². The van der Waals surface area contributed by atoms with Gasteiger partial charge in [-0.3, -0.25) is 4.79 Å². The van der Waals surface area contributed by atoms with Gasteiger partial charge in [0.05, 0.1) is 0 Å². The Morgan fingerprint density at radius 1 is 1.11 bits per heavy atom. The Bertz CT molecular complexity index is 1040. The second kappa shape index (κ2) is 7.11. The maximum atomic E-state index is 12.6. The van der Waals surface area contributed by atoms with Crippen molar-refractivity contribution in [1.82, 2.24) is 0 Å². The number of carbonyl (C=O) groups is 1. The molecule has 5 nitrogen and oxygen atoms in total. The van der Waals surface area contributed by atoms with E-state index < -0.39 is 11.7 Å². The molecule has 2 aromatic carbocycles. The van der Waals surface area contributed by atoms with Crippen LogP contribution in [0.2, 0.25) is 0 Å². The topological polar surface area (TPSA) is 71.7 Å². The summed E-state index contributed by atoms with van der Waals surface area (Å²) in [5.41, 5.74) is 1.02. The third-order valence-electron chi connectivity index (χ3n) is 4.98. The monoisotopic (exact) mass is 375 g/mol. The van der Waals surface area contributed by atoms with Crippen LogP contribution in [0.25, 0.3) is 12.2 Å². The molecular formula is C23H21NO4. The van der Waals surface area contributed by atoms with Crippen LogP contribution < -0.4 is 5.32 Å². The summed E-state index contributed by atoms with van der Waals surface area (Å²) < 4.78 is 11.0. The molecule has 5 heteroatoms. The molecule has 0 spiro atoms. The highest BCUT2D eigenvalue weighted by atomic mass is 16.5. The zero-order valence-corrected chi connectivity index (χ0v) is 15.7. The van der Waals surface area contributed by atoms with Gasteiger partial charge in [-0.1, -0.05) is 42.5 Å². The molecule has 4 rings (SSSR count). The van der Waals surface area contributed by atoms with E-state index in [0.29, 0.717) is 16.8 Å². The number of ether oxygens (including phenoxy) is 1. The van der Waals surface area contributed by atoms with Crippen LogP contribution in [0.1, 0.15) is 28.2 Å². The van der Waals surface area contributed by atoms with Crippen molar-refractivity contribution < 1.29 is 19.1 Å². The Kier molecular flexibility index (Phi) is 4.63. The number of nitrogens with one attached hydrogen (secondary N) is 1. The molecule has 1 aliphatic rings. The van der Waals surface area contributed by atoms with Crippen molar-refractivity contribution in [1.29, 1.82) is 0 Å². The SMILES string of the molecule is COC1C(=O)Nc2ccc(C=Cc3ccc(C)o3)cc2C1(O)c1ccccc1. The first-order valence-electron chi connectivity index (χ1n) is 9.03. The molecule has 0 aliphatic carbocycles.